The highest BCUT2D eigenvalue weighted by Crippen LogP contribution is 2.37. The van der Waals surface area contributed by atoms with Crippen LogP contribution in [0.2, 0.25) is 0 Å². The van der Waals surface area contributed by atoms with Crippen LogP contribution >= 0.6 is 22.7 Å². The van der Waals surface area contributed by atoms with Crippen LogP contribution in [0.25, 0.3) is 48.8 Å². The standard InChI is InChI=1S/C31H23NS2.C5H10.C3H8/c1-2-14-32-29(11-1)25-10-4-8-23(18-25)22-7-3-9-24(17-22)26-19-27(30-12-5-15-33-30)21-28(20-26)31-13-6-16-34-31;1-3-5-4-2;1-3-2/h1-13,15-21,32H,14H2;3,5H,4H2,1-2H3;3H2,1-2H3. The van der Waals surface area contributed by atoms with Crippen LogP contribution in [-0.4, -0.2) is 6.54 Å². The number of nitrogens with one attached hydrogen (secondary N) is 1. The zero-order valence-corrected chi connectivity index (χ0v) is 26.8. The summed E-state index contributed by atoms with van der Waals surface area (Å²) in [5.74, 6) is 0. The summed E-state index contributed by atoms with van der Waals surface area (Å²) in [7, 11) is 0. The van der Waals surface area contributed by atoms with Crippen molar-refractivity contribution in [2.75, 3.05) is 6.54 Å². The van der Waals surface area contributed by atoms with Crippen LogP contribution in [0.1, 0.15) is 46.1 Å². The van der Waals surface area contributed by atoms with Crippen molar-refractivity contribution in [3.05, 3.63) is 138 Å². The third-order valence-corrected chi connectivity index (χ3v) is 8.37. The maximum atomic E-state index is 3.47. The Hall–Kier alpha value is -3.92. The predicted molar refractivity (Wildman–Crippen MR) is 190 cm³/mol. The number of rotatable bonds is 6. The minimum atomic E-state index is 0.874. The average molecular weight is 588 g/mol. The van der Waals surface area contributed by atoms with Crippen LogP contribution in [0.15, 0.2) is 132 Å². The summed E-state index contributed by atoms with van der Waals surface area (Å²) >= 11 is 3.58. The maximum Gasteiger partial charge on any atom is 0.0416 e. The van der Waals surface area contributed by atoms with Gasteiger partial charge in [0.15, 0.2) is 0 Å². The van der Waals surface area contributed by atoms with Crippen molar-refractivity contribution in [3.8, 4) is 43.1 Å². The van der Waals surface area contributed by atoms with E-state index >= 15 is 0 Å². The van der Waals surface area contributed by atoms with E-state index in [1.807, 2.05) is 6.92 Å². The van der Waals surface area contributed by atoms with Gasteiger partial charge in [-0.2, -0.15) is 0 Å². The highest BCUT2D eigenvalue weighted by atomic mass is 32.1. The summed E-state index contributed by atoms with van der Waals surface area (Å²) in [6, 6.07) is 33.3. The molecule has 0 spiro atoms. The Bertz CT molecular complexity index is 1550. The number of thiophene rings is 2. The third-order valence-electron chi connectivity index (χ3n) is 6.53. The number of dihydropyridines is 1. The molecule has 42 heavy (non-hydrogen) atoms. The van der Waals surface area contributed by atoms with E-state index in [0.29, 0.717) is 0 Å². The molecule has 0 unspecified atom stereocenters. The smallest absolute Gasteiger partial charge is 0.0416 e. The van der Waals surface area contributed by atoms with E-state index in [4.69, 9.17) is 0 Å². The Balaban J connectivity index is 0.000000453. The van der Waals surface area contributed by atoms with E-state index in [2.05, 4.69) is 158 Å². The van der Waals surface area contributed by atoms with Crippen molar-refractivity contribution in [2.24, 2.45) is 0 Å². The Kier molecular flexibility index (Phi) is 12.2. The lowest BCUT2D eigenvalue weighted by molar-refractivity contribution is 0.996. The van der Waals surface area contributed by atoms with Gasteiger partial charge in [-0.05, 0) is 112 Å². The van der Waals surface area contributed by atoms with E-state index in [-0.39, 0.29) is 0 Å². The van der Waals surface area contributed by atoms with Crippen molar-refractivity contribution in [2.45, 2.75) is 40.5 Å². The first kappa shape index (κ1) is 31.0. The van der Waals surface area contributed by atoms with Gasteiger partial charge in [-0.1, -0.05) is 100 Å². The maximum absolute atomic E-state index is 3.47. The van der Waals surface area contributed by atoms with Crippen molar-refractivity contribution >= 4 is 28.4 Å². The molecule has 214 valence electrons. The van der Waals surface area contributed by atoms with Gasteiger partial charge in [-0.25, -0.2) is 0 Å². The van der Waals surface area contributed by atoms with E-state index < -0.39 is 0 Å². The molecule has 0 aliphatic carbocycles. The predicted octanol–water partition coefficient (Wildman–Crippen LogP) is 12.4. The van der Waals surface area contributed by atoms with Crippen LogP contribution in [0.5, 0.6) is 0 Å². The molecule has 0 atom stereocenters. The summed E-state index contributed by atoms with van der Waals surface area (Å²) in [5.41, 5.74) is 9.86. The monoisotopic (exact) mass is 587 g/mol. The molecule has 5 aromatic rings. The number of hydrogen-bond acceptors (Lipinski definition) is 3. The molecule has 0 amide bonds. The molecule has 3 aromatic carbocycles. The molecule has 1 N–H and O–H groups in total. The van der Waals surface area contributed by atoms with Gasteiger partial charge in [-0.15, -0.1) is 22.7 Å². The molecule has 1 aliphatic rings. The second kappa shape index (κ2) is 16.5. The van der Waals surface area contributed by atoms with Gasteiger partial charge in [-0.3, -0.25) is 0 Å². The quantitative estimate of drug-likeness (QED) is 0.195. The van der Waals surface area contributed by atoms with Gasteiger partial charge in [0.05, 0.1) is 0 Å². The summed E-state index contributed by atoms with van der Waals surface area (Å²) in [4.78, 5) is 2.59. The summed E-state index contributed by atoms with van der Waals surface area (Å²) in [6.07, 6.45) is 13.0. The highest BCUT2D eigenvalue weighted by molar-refractivity contribution is 7.14. The zero-order chi connectivity index (χ0) is 29.6. The average Bonchev–Trinajstić information content (AvgIpc) is 3.79. The molecule has 1 aliphatic heterocycles. The molecule has 0 saturated heterocycles. The molecule has 3 heterocycles. The Morgan fingerprint density at radius 2 is 1.14 bits per heavy atom. The molecule has 0 radical (unpaired) electrons. The van der Waals surface area contributed by atoms with Gasteiger partial charge in [0.2, 0.25) is 0 Å². The molecule has 2 aromatic heterocycles. The lowest BCUT2D eigenvalue weighted by atomic mass is 9.94. The van der Waals surface area contributed by atoms with Crippen LogP contribution in [-0.2, 0) is 0 Å². The molecule has 0 saturated carbocycles. The minimum Gasteiger partial charge on any atom is -0.381 e. The van der Waals surface area contributed by atoms with Crippen molar-refractivity contribution in [1.82, 2.24) is 5.32 Å². The molecule has 6 rings (SSSR count). The topological polar surface area (TPSA) is 12.0 Å². The first-order chi connectivity index (χ1) is 20.7. The first-order valence-electron chi connectivity index (χ1n) is 14.8. The van der Waals surface area contributed by atoms with Crippen LogP contribution in [0, 0.1) is 0 Å². The van der Waals surface area contributed by atoms with E-state index in [1.165, 1.54) is 60.8 Å². The first-order valence-corrected chi connectivity index (χ1v) is 16.6. The lowest BCUT2D eigenvalue weighted by Crippen LogP contribution is -2.14. The fraction of sp³-hybridized carbons (Fsp3) is 0.179. The lowest BCUT2D eigenvalue weighted by Gasteiger charge is -2.14. The van der Waals surface area contributed by atoms with Crippen LogP contribution < -0.4 is 5.32 Å². The van der Waals surface area contributed by atoms with Gasteiger partial charge in [0.25, 0.3) is 0 Å². The molecular weight excluding hydrogens is 547 g/mol. The van der Waals surface area contributed by atoms with Gasteiger partial charge in [0, 0.05) is 22.0 Å². The molecule has 0 bridgehead atoms. The number of benzene rings is 3. The Morgan fingerprint density at radius 3 is 1.60 bits per heavy atom. The summed E-state index contributed by atoms with van der Waals surface area (Å²) in [5, 5.41) is 7.76. The SMILES string of the molecule is C1=CCNC(c2cccc(-c3cccc(-c4cc(-c5cccs5)cc(-c5cccs5)c4)c3)c2)=C1.CC=CCC.CCC. The zero-order valence-electron chi connectivity index (χ0n) is 25.1. The van der Waals surface area contributed by atoms with Crippen LogP contribution in [0.4, 0.5) is 0 Å². The van der Waals surface area contributed by atoms with Crippen LogP contribution in [0.3, 0.4) is 0 Å². The van der Waals surface area contributed by atoms with E-state index in [1.54, 1.807) is 22.7 Å². The minimum absolute atomic E-state index is 0.874. The second-order valence-corrected chi connectivity index (χ2v) is 11.9. The fourth-order valence-corrected chi connectivity index (χ4v) is 6.03. The molecule has 0 fully saturated rings. The van der Waals surface area contributed by atoms with Gasteiger partial charge in [0.1, 0.15) is 0 Å². The largest absolute Gasteiger partial charge is 0.381 e. The summed E-state index contributed by atoms with van der Waals surface area (Å²) < 4.78 is 0. The Morgan fingerprint density at radius 1 is 0.643 bits per heavy atom. The highest BCUT2D eigenvalue weighted by Gasteiger charge is 2.10. The fourth-order valence-electron chi connectivity index (χ4n) is 4.60. The van der Waals surface area contributed by atoms with E-state index in [0.717, 1.165) is 13.0 Å². The van der Waals surface area contributed by atoms with Gasteiger partial charge < -0.3 is 5.32 Å². The normalized spacial score (nSPS) is 12.0. The van der Waals surface area contributed by atoms with Gasteiger partial charge >= 0.3 is 0 Å². The molecular formula is C39H41NS2. The molecule has 3 heteroatoms. The second-order valence-electron chi connectivity index (χ2n) is 9.99. The molecule has 1 nitrogen and oxygen atoms in total. The number of hydrogen-bond donors (Lipinski definition) is 1. The van der Waals surface area contributed by atoms with Crippen molar-refractivity contribution in [1.29, 1.82) is 0 Å². The third kappa shape index (κ3) is 8.55. The van der Waals surface area contributed by atoms with Crippen molar-refractivity contribution in [3.63, 3.8) is 0 Å². The van der Waals surface area contributed by atoms with Crippen molar-refractivity contribution < 1.29 is 0 Å². The van der Waals surface area contributed by atoms with E-state index in [9.17, 15) is 0 Å². The summed E-state index contributed by atoms with van der Waals surface area (Å²) in [6.45, 7) is 9.28. The number of allylic oxidation sites excluding steroid dienone is 4. The Labute approximate surface area is 260 Å².